The molecule has 0 spiro atoms. The van der Waals surface area contributed by atoms with Crippen molar-refractivity contribution in [3.05, 3.63) is 28.7 Å². The summed E-state index contributed by atoms with van der Waals surface area (Å²) < 4.78 is 24.2. The molecule has 0 bridgehead atoms. The first kappa shape index (κ1) is 12.2. The van der Waals surface area contributed by atoms with Crippen LogP contribution in [0.1, 0.15) is 6.42 Å². The molecule has 1 aromatic rings. The summed E-state index contributed by atoms with van der Waals surface area (Å²) in [7, 11) is -2.98. The van der Waals surface area contributed by atoms with Gasteiger partial charge in [-0.3, -0.25) is 4.79 Å². The van der Waals surface area contributed by atoms with E-state index >= 15 is 0 Å². The van der Waals surface area contributed by atoms with Gasteiger partial charge in [-0.1, -0.05) is 15.9 Å². The molecule has 0 aliphatic carbocycles. The molecule has 2 aliphatic heterocycles. The van der Waals surface area contributed by atoms with E-state index in [1.54, 1.807) is 4.90 Å². The summed E-state index contributed by atoms with van der Waals surface area (Å²) in [5.74, 6) is 0.240. The van der Waals surface area contributed by atoms with Crippen molar-refractivity contribution < 1.29 is 13.2 Å². The van der Waals surface area contributed by atoms with Gasteiger partial charge in [-0.2, -0.15) is 0 Å². The lowest BCUT2D eigenvalue weighted by atomic mass is 10.1. The van der Waals surface area contributed by atoms with Gasteiger partial charge in [-0.05, 0) is 24.3 Å². The van der Waals surface area contributed by atoms with Gasteiger partial charge in [-0.15, -0.1) is 0 Å². The molecule has 3 rings (SSSR count). The molecule has 0 N–H and O–H groups in total. The van der Waals surface area contributed by atoms with Crippen LogP contribution in [0.2, 0.25) is 0 Å². The van der Waals surface area contributed by atoms with E-state index in [-0.39, 0.29) is 29.4 Å². The van der Waals surface area contributed by atoms with E-state index in [4.69, 9.17) is 0 Å². The predicted molar refractivity (Wildman–Crippen MR) is 72.2 cm³/mol. The van der Waals surface area contributed by atoms with Crippen LogP contribution in [-0.2, 0) is 14.6 Å². The van der Waals surface area contributed by atoms with Crippen molar-refractivity contribution in [2.75, 3.05) is 16.4 Å². The van der Waals surface area contributed by atoms with Crippen LogP contribution in [0.3, 0.4) is 0 Å². The highest BCUT2D eigenvalue weighted by Gasteiger charge is 2.49. The topological polar surface area (TPSA) is 54.5 Å². The van der Waals surface area contributed by atoms with Crippen LogP contribution < -0.4 is 4.90 Å². The molecule has 0 unspecified atom stereocenters. The lowest BCUT2D eigenvalue weighted by molar-refractivity contribution is -0.117. The molecule has 4 nitrogen and oxygen atoms in total. The molecule has 2 aliphatic rings. The Kier molecular flexibility index (Phi) is 2.75. The number of sulfone groups is 1. The molecule has 2 saturated heterocycles. The fourth-order valence-corrected chi connectivity index (χ4v) is 5.16. The minimum atomic E-state index is -2.98. The van der Waals surface area contributed by atoms with Crippen molar-refractivity contribution in [2.45, 2.75) is 12.5 Å². The molecule has 1 aromatic carbocycles. The minimum absolute atomic E-state index is 0.0298. The smallest absolute Gasteiger partial charge is 0.227 e. The van der Waals surface area contributed by atoms with E-state index in [1.807, 2.05) is 24.3 Å². The molecule has 18 heavy (non-hydrogen) atoms. The number of fused-ring (bicyclic) bond motifs is 1. The molecular formula is C12H12BrNO3S. The quantitative estimate of drug-likeness (QED) is 0.786. The molecular weight excluding hydrogens is 318 g/mol. The van der Waals surface area contributed by atoms with Gasteiger partial charge in [0.1, 0.15) is 0 Å². The van der Waals surface area contributed by atoms with Crippen LogP contribution in [0.4, 0.5) is 5.69 Å². The molecule has 0 saturated carbocycles. The highest BCUT2D eigenvalue weighted by atomic mass is 79.9. The number of rotatable bonds is 1. The Bertz CT molecular complexity index is 596. The van der Waals surface area contributed by atoms with Crippen LogP contribution >= 0.6 is 15.9 Å². The normalized spacial score (nSPS) is 29.6. The molecule has 2 atom stereocenters. The van der Waals surface area contributed by atoms with Crippen LogP contribution in [0.15, 0.2) is 28.7 Å². The summed E-state index contributed by atoms with van der Waals surface area (Å²) in [4.78, 5) is 13.7. The van der Waals surface area contributed by atoms with E-state index in [0.717, 1.165) is 10.2 Å². The van der Waals surface area contributed by atoms with Gasteiger partial charge >= 0.3 is 0 Å². The third-order valence-corrected chi connectivity index (χ3v) is 5.89. The Morgan fingerprint density at radius 1 is 1.17 bits per heavy atom. The fourth-order valence-electron chi connectivity index (χ4n) is 2.83. The second kappa shape index (κ2) is 4.06. The average Bonchev–Trinajstić information content (AvgIpc) is 2.70. The minimum Gasteiger partial charge on any atom is -0.308 e. The Morgan fingerprint density at radius 2 is 1.83 bits per heavy atom. The summed E-state index contributed by atoms with van der Waals surface area (Å²) in [6.45, 7) is 0. The molecule has 2 heterocycles. The number of anilines is 1. The molecule has 0 aromatic heterocycles. The first-order valence-corrected chi connectivity index (χ1v) is 8.36. The number of nitrogens with zero attached hydrogens (tertiary/aromatic N) is 1. The number of hydrogen-bond donors (Lipinski definition) is 0. The van der Waals surface area contributed by atoms with E-state index in [1.165, 1.54) is 0 Å². The van der Waals surface area contributed by atoms with Crippen LogP contribution in [-0.4, -0.2) is 31.9 Å². The summed E-state index contributed by atoms with van der Waals surface area (Å²) in [5, 5.41) is 0. The van der Waals surface area contributed by atoms with Crippen LogP contribution in [0, 0.1) is 5.92 Å². The van der Waals surface area contributed by atoms with Crippen molar-refractivity contribution in [1.29, 1.82) is 0 Å². The zero-order chi connectivity index (χ0) is 12.9. The number of hydrogen-bond acceptors (Lipinski definition) is 3. The maximum absolute atomic E-state index is 12.0. The number of carbonyl (C=O) groups excluding carboxylic acids is 1. The SMILES string of the molecule is O=C1C[C@@H]2CS(=O)(=O)C[C@@H]2N1c1ccc(Br)cc1. The second-order valence-corrected chi connectivity index (χ2v) is 7.92. The lowest BCUT2D eigenvalue weighted by Crippen LogP contribution is -2.36. The van der Waals surface area contributed by atoms with E-state index in [0.29, 0.717) is 6.42 Å². The van der Waals surface area contributed by atoms with Crippen molar-refractivity contribution >= 4 is 37.4 Å². The van der Waals surface area contributed by atoms with Gasteiger partial charge in [0.2, 0.25) is 5.91 Å². The Hall–Kier alpha value is -0.880. The third kappa shape index (κ3) is 1.97. The van der Waals surface area contributed by atoms with E-state index < -0.39 is 9.84 Å². The molecule has 96 valence electrons. The Morgan fingerprint density at radius 3 is 2.50 bits per heavy atom. The van der Waals surface area contributed by atoms with Gasteiger partial charge in [-0.25, -0.2) is 8.42 Å². The van der Waals surface area contributed by atoms with Gasteiger partial charge in [0.15, 0.2) is 9.84 Å². The standard InChI is InChI=1S/C12H12BrNO3S/c13-9-1-3-10(4-2-9)14-11-7-18(16,17)6-8(11)5-12(14)15/h1-4,8,11H,5-7H2/t8-,11+/m1/s1. The first-order valence-electron chi connectivity index (χ1n) is 5.74. The number of amides is 1. The zero-order valence-electron chi connectivity index (χ0n) is 9.54. The molecule has 2 fully saturated rings. The predicted octanol–water partition coefficient (Wildman–Crippen LogP) is 1.60. The first-order chi connectivity index (χ1) is 8.46. The lowest BCUT2D eigenvalue weighted by Gasteiger charge is -2.23. The van der Waals surface area contributed by atoms with Crippen LogP contribution in [0.5, 0.6) is 0 Å². The van der Waals surface area contributed by atoms with Gasteiger partial charge in [0.05, 0.1) is 17.5 Å². The van der Waals surface area contributed by atoms with E-state index in [9.17, 15) is 13.2 Å². The largest absolute Gasteiger partial charge is 0.308 e. The van der Waals surface area contributed by atoms with Crippen molar-refractivity contribution in [1.82, 2.24) is 0 Å². The average molecular weight is 330 g/mol. The van der Waals surface area contributed by atoms with Gasteiger partial charge < -0.3 is 4.90 Å². The second-order valence-electron chi connectivity index (χ2n) is 4.85. The summed E-state index contributed by atoms with van der Waals surface area (Å²) in [6.07, 6.45) is 0.347. The number of carbonyl (C=O) groups is 1. The number of benzene rings is 1. The summed E-state index contributed by atoms with van der Waals surface area (Å²) in [6, 6.07) is 7.23. The maximum Gasteiger partial charge on any atom is 0.227 e. The Labute approximate surface area is 114 Å². The molecule has 0 radical (unpaired) electrons. The highest BCUT2D eigenvalue weighted by Crippen LogP contribution is 2.37. The van der Waals surface area contributed by atoms with Crippen LogP contribution in [0.25, 0.3) is 0 Å². The third-order valence-electron chi connectivity index (χ3n) is 3.58. The van der Waals surface area contributed by atoms with Gasteiger partial charge in [0, 0.05) is 22.5 Å². The maximum atomic E-state index is 12.0. The molecule has 6 heteroatoms. The number of halogens is 1. The van der Waals surface area contributed by atoms with Crippen molar-refractivity contribution in [2.24, 2.45) is 5.92 Å². The summed E-state index contributed by atoms with van der Waals surface area (Å²) >= 11 is 3.34. The zero-order valence-corrected chi connectivity index (χ0v) is 11.9. The van der Waals surface area contributed by atoms with Crippen molar-refractivity contribution in [3.63, 3.8) is 0 Å². The monoisotopic (exact) mass is 329 g/mol. The van der Waals surface area contributed by atoms with Crippen molar-refractivity contribution in [3.8, 4) is 0 Å². The Balaban J connectivity index is 1.96. The van der Waals surface area contributed by atoms with Gasteiger partial charge in [0.25, 0.3) is 0 Å². The fraction of sp³-hybridized carbons (Fsp3) is 0.417. The summed E-state index contributed by atoms with van der Waals surface area (Å²) in [5.41, 5.74) is 0.785. The highest BCUT2D eigenvalue weighted by molar-refractivity contribution is 9.10. The molecule has 1 amide bonds. The van der Waals surface area contributed by atoms with E-state index in [2.05, 4.69) is 15.9 Å².